The van der Waals surface area contributed by atoms with Crippen LogP contribution in [0.1, 0.15) is 40.7 Å². The molecule has 8 nitrogen and oxygen atoms in total. The number of rotatable bonds is 2. The number of aliphatic hydroxyl groups is 1. The highest BCUT2D eigenvalue weighted by Gasteiger charge is 2.40. The van der Waals surface area contributed by atoms with Gasteiger partial charge >= 0.3 is 5.97 Å². The van der Waals surface area contributed by atoms with Crippen LogP contribution >= 0.6 is 0 Å². The third-order valence-electron chi connectivity index (χ3n) is 5.94. The number of benzene rings is 3. The van der Waals surface area contributed by atoms with Crippen molar-refractivity contribution in [2.75, 3.05) is 0 Å². The minimum absolute atomic E-state index is 0.0375. The Labute approximate surface area is 182 Å². The lowest BCUT2D eigenvalue weighted by atomic mass is 9.82. The Hall–Kier alpha value is -3.91. The van der Waals surface area contributed by atoms with Gasteiger partial charge in [0.15, 0.2) is 11.5 Å². The van der Waals surface area contributed by atoms with Crippen LogP contribution in [-0.4, -0.2) is 37.6 Å². The maximum Gasteiger partial charge on any atom is 0.312 e. The van der Waals surface area contributed by atoms with Gasteiger partial charge in [0.05, 0.1) is 12.5 Å². The van der Waals surface area contributed by atoms with E-state index in [9.17, 15) is 30.3 Å². The largest absolute Gasteiger partial charge is 0.508 e. The van der Waals surface area contributed by atoms with Gasteiger partial charge in [-0.05, 0) is 35.4 Å². The number of ether oxygens (including phenoxy) is 2. The van der Waals surface area contributed by atoms with Gasteiger partial charge in [-0.1, -0.05) is 18.2 Å². The molecule has 0 unspecified atom stereocenters. The Morgan fingerprint density at radius 2 is 1.53 bits per heavy atom. The van der Waals surface area contributed by atoms with Gasteiger partial charge in [-0.15, -0.1) is 0 Å². The molecule has 2 aliphatic heterocycles. The van der Waals surface area contributed by atoms with E-state index < -0.39 is 24.1 Å². The van der Waals surface area contributed by atoms with Crippen LogP contribution in [0.4, 0.5) is 0 Å². The van der Waals surface area contributed by atoms with Gasteiger partial charge in [0.2, 0.25) is 0 Å². The van der Waals surface area contributed by atoms with E-state index in [0.29, 0.717) is 28.0 Å². The number of phenolic OH excluding ortho intramolecular Hbond substituents is 4. The Bertz CT molecular complexity index is 1220. The van der Waals surface area contributed by atoms with E-state index >= 15 is 0 Å². The standard InChI is InChI=1S/C24H20O8/c25-13-4-1-11(2-5-13)23-19(29)8-15-17(27)10-20-22(24(15)32-23)14(9-21(30)31-20)12-3-6-16(26)18(28)7-12/h1-7,10,14,19,23,25-29H,8-9H2/t14-,19-,23-/m1/s1. The first-order chi connectivity index (χ1) is 15.3. The van der Waals surface area contributed by atoms with Gasteiger partial charge in [0.1, 0.15) is 29.1 Å². The highest BCUT2D eigenvalue weighted by Crippen LogP contribution is 2.52. The zero-order valence-electron chi connectivity index (χ0n) is 16.7. The fourth-order valence-corrected chi connectivity index (χ4v) is 4.38. The second kappa shape index (κ2) is 7.35. The number of esters is 1. The molecule has 0 amide bonds. The minimum Gasteiger partial charge on any atom is -0.508 e. The van der Waals surface area contributed by atoms with Crippen molar-refractivity contribution in [3.05, 3.63) is 70.8 Å². The number of hydrogen-bond acceptors (Lipinski definition) is 8. The topological polar surface area (TPSA) is 137 Å². The number of carbonyl (C=O) groups excluding carboxylic acids is 1. The molecule has 8 heteroatoms. The van der Waals surface area contributed by atoms with Crippen molar-refractivity contribution >= 4 is 5.97 Å². The smallest absolute Gasteiger partial charge is 0.312 e. The van der Waals surface area contributed by atoms with Crippen molar-refractivity contribution < 1.29 is 39.8 Å². The number of fused-ring (bicyclic) bond motifs is 3. The minimum atomic E-state index is -0.960. The number of phenols is 4. The van der Waals surface area contributed by atoms with Crippen molar-refractivity contribution in [3.8, 4) is 34.5 Å². The SMILES string of the molecule is O=C1C[C@H](c2ccc(O)c(O)c2)c2c(cc(O)c3c2O[C@H](c2ccc(O)cc2)[C@H](O)C3)O1. The molecule has 5 rings (SSSR count). The molecule has 3 atom stereocenters. The van der Waals surface area contributed by atoms with Crippen LogP contribution in [0.25, 0.3) is 0 Å². The molecule has 0 fully saturated rings. The first-order valence-electron chi connectivity index (χ1n) is 10.1. The van der Waals surface area contributed by atoms with Crippen molar-refractivity contribution in [2.45, 2.75) is 31.0 Å². The van der Waals surface area contributed by atoms with Crippen molar-refractivity contribution in [3.63, 3.8) is 0 Å². The number of hydrogen-bond donors (Lipinski definition) is 5. The van der Waals surface area contributed by atoms with E-state index in [1.807, 2.05) is 0 Å². The fraction of sp³-hybridized carbons (Fsp3) is 0.208. The van der Waals surface area contributed by atoms with Crippen LogP contribution < -0.4 is 9.47 Å². The van der Waals surface area contributed by atoms with E-state index in [4.69, 9.17) is 9.47 Å². The molecule has 2 heterocycles. The van der Waals surface area contributed by atoms with Crippen molar-refractivity contribution in [1.29, 1.82) is 0 Å². The monoisotopic (exact) mass is 436 g/mol. The summed E-state index contributed by atoms with van der Waals surface area (Å²) in [5, 5.41) is 50.5. The van der Waals surface area contributed by atoms with Crippen LogP contribution in [0.3, 0.4) is 0 Å². The molecule has 5 N–H and O–H groups in total. The summed E-state index contributed by atoms with van der Waals surface area (Å²) in [7, 11) is 0. The lowest BCUT2D eigenvalue weighted by Gasteiger charge is -2.36. The zero-order valence-corrected chi connectivity index (χ0v) is 16.7. The lowest BCUT2D eigenvalue weighted by Crippen LogP contribution is -2.32. The molecule has 0 spiro atoms. The number of aromatic hydroxyl groups is 4. The molecular formula is C24H20O8. The van der Waals surface area contributed by atoms with Crippen molar-refractivity contribution in [2.24, 2.45) is 0 Å². The molecule has 3 aromatic rings. The molecule has 32 heavy (non-hydrogen) atoms. The summed E-state index contributed by atoms with van der Waals surface area (Å²) in [5.74, 6) is -1.34. The number of aliphatic hydroxyl groups excluding tert-OH is 1. The molecule has 0 bridgehead atoms. The van der Waals surface area contributed by atoms with E-state index in [-0.39, 0.29) is 41.6 Å². The maximum absolute atomic E-state index is 12.3. The average Bonchev–Trinajstić information content (AvgIpc) is 2.76. The van der Waals surface area contributed by atoms with Gasteiger partial charge in [-0.25, -0.2) is 0 Å². The predicted octanol–water partition coefficient (Wildman–Crippen LogP) is 2.99. The highest BCUT2D eigenvalue weighted by atomic mass is 16.5. The zero-order chi connectivity index (χ0) is 22.6. The summed E-state index contributed by atoms with van der Waals surface area (Å²) < 4.78 is 11.6. The molecule has 164 valence electrons. The molecular weight excluding hydrogens is 416 g/mol. The summed E-state index contributed by atoms with van der Waals surface area (Å²) in [6.45, 7) is 0. The van der Waals surface area contributed by atoms with Gasteiger partial charge in [-0.2, -0.15) is 0 Å². The summed E-state index contributed by atoms with van der Waals surface area (Å²) in [6, 6.07) is 11.9. The first kappa shape index (κ1) is 20.0. The Balaban J connectivity index is 1.66. The van der Waals surface area contributed by atoms with E-state index in [1.165, 1.54) is 30.3 Å². The summed E-state index contributed by atoms with van der Waals surface area (Å²) in [5.41, 5.74) is 2.09. The van der Waals surface area contributed by atoms with Crippen LogP contribution in [0.15, 0.2) is 48.5 Å². The molecule has 0 radical (unpaired) electrons. The van der Waals surface area contributed by atoms with Crippen LogP contribution in [-0.2, 0) is 11.2 Å². The van der Waals surface area contributed by atoms with Gasteiger partial charge < -0.3 is 35.0 Å². The summed E-state index contributed by atoms with van der Waals surface area (Å²) >= 11 is 0. The predicted molar refractivity (Wildman–Crippen MR) is 111 cm³/mol. The van der Waals surface area contributed by atoms with E-state index in [1.54, 1.807) is 18.2 Å². The third-order valence-corrected chi connectivity index (χ3v) is 5.94. The quantitative estimate of drug-likeness (QED) is 0.235. The normalized spacial score (nSPS) is 21.8. The number of carbonyl (C=O) groups is 1. The lowest BCUT2D eigenvalue weighted by molar-refractivity contribution is -0.135. The maximum atomic E-state index is 12.3. The molecule has 0 saturated heterocycles. The summed E-state index contributed by atoms with van der Waals surface area (Å²) in [4.78, 5) is 12.3. The van der Waals surface area contributed by atoms with Crippen LogP contribution in [0.2, 0.25) is 0 Å². The Morgan fingerprint density at radius 3 is 2.25 bits per heavy atom. The molecule has 2 aliphatic rings. The third kappa shape index (κ3) is 3.25. The molecule has 0 aliphatic carbocycles. The van der Waals surface area contributed by atoms with Crippen LogP contribution in [0.5, 0.6) is 34.5 Å². The first-order valence-corrected chi connectivity index (χ1v) is 10.1. The van der Waals surface area contributed by atoms with Crippen molar-refractivity contribution in [1.82, 2.24) is 0 Å². The summed E-state index contributed by atoms with van der Waals surface area (Å²) in [6.07, 6.45) is -1.68. The Kier molecular flexibility index (Phi) is 4.60. The van der Waals surface area contributed by atoms with E-state index in [0.717, 1.165) is 0 Å². The second-order valence-corrected chi connectivity index (χ2v) is 8.00. The van der Waals surface area contributed by atoms with Gasteiger partial charge in [0, 0.05) is 29.5 Å². The van der Waals surface area contributed by atoms with Gasteiger partial charge in [0.25, 0.3) is 0 Å². The van der Waals surface area contributed by atoms with Gasteiger partial charge in [-0.3, -0.25) is 4.79 Å². The average molecular weight is 436 g/mol. The fourth-order valence-electron chi connectivity index (χ4n) is 4.38. The molecule has 0 saturated carbocycles. The highest BCUT2D eigenvalue weighted by molar-refractivity contribution is 5.80. The molecule has 3 aromatic carbocycles. The second-order valence-electron chi connectivity index (χ2n) is 8.00. The van der Waals surface area contributed by atoms with E-state index in [2.05, 4.69) is 0 Å². The Morgan fingerprint density at radius 1 is 0.812 bits per heavy atom. The van der Waals surface area contributed by atoms with Crippen LogP contribution in [0, 0.1) is 0 Å². The molecule has 0 aromatic heterocycles.